The molecular formula is C22H18F3NO2. The highest BCUT2D eigenvalue weighted by Gasteiger charge is 2.30. The van der Waals surface area contributed by atoms with Gasteiger partial charge in [-0.2, -0.15) is 13.2 Å². The lowest BCUT2D eigenvalue weighted by Crippen LogP contribution is -2.26. The van der Waals surface area contributed by atoms with Crippen LogP contribution < -0.4 is 0 Å². The van der Waals surface area contributed by atoms with E-state index in [2.05, 4.69) is 0 Å². The quantitative estimate of drug-likeness (QED) is 0.658. The monoisotopic (exact) mass is 385 g/mol. The molecule has 0 heterocycles. The molecule has 6 heteroatoms. The Kier molecular flexibility index (Phi) is 5.40. The summed E-state index contributed by atoms with van der Waals surface area (Å²) < 4.78 is 38.4. The van der Waals surface area contributed by atoms with Crippen LogP contribution in [0.1, 0.15) is 21.5 Å². The maximum atomic E-state index is 12.9. The third kappa shape index (κ3) is 4.17. The average molecular weight is 385 g/mol. The van der Waals surface area contributed by atoms with Gasteiger partial charge in [0.05, 0.1) is 5.56 Å². The first-order valence-corrected chi connectivity index (χ1v) is 8.56. The molecule has 144 valence electrons. The summed E-state index contributed by atoms with van der Waals surface area (Å²) in [5, 5.41) is 9.91. The molecule has 0 fully saturated rings. The molecule has 3 rings (SSSR count). The van der Waals surface area contributed by atoms with Crippen molar-refractivity contribution in [2.24, 2.45) is 0 Å². The second-order valence-electron chi connectivity index (χ2n) is 6.41. The Hall–Kier alpha value is -3.28. The fourth-order valence-electron chi connectivity index (χ4n) is 2.94. The lowest BCUT2D eigenvalue weighted by molar-refractivity contribution is -0.137. The Morgan fingerprint density at radius 3 is 2.18 bits per heavy atom. The van der Waals surface area contributed by atoms with E-state index in [0.717, 1.165) is 12.1 Å². The molecule has 0 aromatic heterocycles. The average Bonchev–Trinajstić information content (AvgIpc) is 2.68. The Bertz CT molecular complexity index is 982. The first kappa shape index (κ1) is 19.5. The Balaban J connectivity index is 1.89. The van der Waals surface area contributed by atoms with Gasteiger partial charge in [0.1, 0.15) is 5.75 Å². The molecule has 0 saturated carbocycles. The van der Waals surface area contributed by atoms with Gasteiger partial charge >= 0.3 is 6.18 Å². The molecular weight excluding hydrogens is 367 g/mol. The third-order valence-electron chi connectivity index (χ3n) is 4.43. The number of aromatic hydroxyl groups is 1. The highest BCUT2D eigenvalue weighted by atomic mass is 19.4. The van der Waals surface area contributed by atoms with E-state index in [9.17, 15) is 23.1 Å². The number of halogens is 3. The molecule has 3 nitrogen and oxygen atoms in total. The standard InChI is InChI=1S/C22H18F3NO2/c1-26(14-16-6-2-5-9-20(16)27)21(28)19-8-4-3-7-18(19)15-10-12-17(13-11-15)22(23,24)25/h2-13,27H,14H2,1H3. The number of benzene rings is 3. The third-order valence-corrected chi connectivity index (χ3v) is 4.43. The lowest BCUT2D eigenvalue weighted by Gasteiger charge is -2.20. The number of carbonyl (C=O) groups is 1. The molecule has 0 saturated heterocycles. The van der Waals surface area contributed by atoms with Gasteiger partial charge in [-0.15, -0.1) is 0 Å². The number of hydrogen-bond acceptors (Lipinski definition) is 2. The number of para-hydroxylation sites is 1. The van der Waals surface area contributed by atoms with Crippen molar-refractivity contribution in [3.8, 4) is 16.9 Å². The van der Waals surface area contributed by atoms with Gasteiger partial charge in [0, 0.05) is 24.7 Å². The number of amides is 1. The van der Waals surface area contributed by atoms with Crippen molar-refractivity contribution in [1.29, 1.82) is 0 Å². The van der Waals surface area contributed by atoms with Crippen LogP contribution >= 0.6 is 0 Å². The second-order valence-corrected chi connectivity index (χ2v) is 6.41. The second kappa shape index (κ2) is 7.76. The van der Waals surface area contributed by atoms with Crippen LogP contribution in [-0.2, 0) is 12.7 Å². The van der Waals surface area contributed by atoms with E-state index >= 15 is 0 Å². The van der Waals surface area contributed by atoms with Crippen LogP contribution in [0.25, 0.3) is 11.1 Å². The molecule has 1 amide bonds. The van der Waals surface area contributed by atoms with Crippen LogP contribution in [0.3, 0.4) is 0 Å². The minimum Gasteiger partial charge on any atom is -0.508 e. The molecule has 0 atom stereocenters. The van der Waals surface area contributed by atoms with Crippen LogP contribution in [0.2, 0.25) is 0 Å². The largest absolute Gasteiger partial charge is 0.508 e. The number of phenols is 1. The first-order valence-electron chi connectivity index (χ1n) is 8.56. The van der Waals surface area contributed by atoms with Crippen molar-refractivity contribution in [3.05, 3.63) is 89.5 Å². The Morgan fingerprint density at radius 2 is 1.54 bits per heavy atom. The summed E-state index contributed by atoms with van der Waals surface area (Å²) in [7, 11) is 1.61. The van der Waals surface area contributed by atoms with Gasteiger partial charge < -0.3 is 10.0 Å². The summed E-state index contributed by atoms with van der Waals surface area (Å²) in [6.45, 7) is 0.201. The van der Waals surface area contributed by atoms with Gasteiger partial charge in [0.25, 0.3) is 5.91 Å². The fraction of sp³-hybridized carbons (Fsp3) is 0.136. The number of hydrogen-bond donors (Lipinski definition) is 1. The van der Waals surface area contributed by atoms with Crippen LogP contribution in [0.4, 0.5) is 13.2 Å². The maximum Gasteiger partial charge on any atom is 0.416 e. The molecule has 0 radical (unpaired) electrons. The van der Waals surface area contributed by atoms with Crippen molar-refractivity contribution < 1.29 is 23.1 Å². The predicted molar refractivity (Wildman–Crippen MR) is 101 cm³/mol. The molecule has 0 aliphatic rings. The van der Waals surface area contributed by atoms with Crippen LogP contribution in [-0.4, -0.2) is 23.0 Å². The summed E-state index contributed by atoms with van der Waals surface area (Å²) in [6, 6.07) is 18.2. The minimum absolute atomic E-state index is 0.0955. The Labute approximate surface area is 160 Å². The molecule has 0 bridgehead atoms. The topological polar surface area (TPSA) is 40.5 Å². The van der Waals surface area contributed by atoms with Crippen molar-refractivity contribution in [2.75, 3.05) is 7.05 Å². The first-order chi connectivity index (χ1) is 13.3. The summed E-state index contributed by atoms with van der Waals surface area (Å²) in [4.78, 5) is 14.4. The van der Waals surface area contributed by atoms with Gasteiger partial charge in [0.2, 0.25) is 0 Å². The predicted octanol–water partition coefficient (Wildman–Crippen LogP) is 5.35. The summed E-state index contributed by atoms with van der Waals surface area (Å²) >= 11 is 0. The summed E-state index contributed by atoms with van der Waals surface area (Å²) in [5.41, 5.74) is 1.31. The zero-order valence-corrected chi connectivity index (χ0v) is 15.1. The molecule has 1 N–H and O–H groups in total. The van der Waals surface area contributed by atoms with E-state index in [1.54, 1.807) is 55.6 Å². The molecule has 3 aromatic carbocycles. The van der Waals surface area contributed by atoms with Gasteiger partial charge in [-0.05, 0) is 35.4 Å². The van der Waals surface area contributed by atoms with E-state index in [4.69, 9.17) is 0 Å². The van der Waals surface area contributed by atoms with Crippen molar-refractivity contribution >= 4 is 5.91 Å². The van der Waals surface area contributed by atoms with Crippen LogP contribution in [0.5, 0.6) is 5.75 Å². The minimum atomic E-state index is -4.41. The summed E-state index contributed by atoms with van der Waals surface area (Å²) in [5.74, 6) is -0.197. The van der Waals surface area contributed by atoms with Crippen molar-refractivity contribution in [2.45, 2.75) is 12.7 Å². The number of phenolic OH excluding ortho intramolecular Hbond substituents is 1. The van der Waals surface area contributed by atoms with Crippen LogP contribution in [0, 0.1) is 0 Å². The van der Waals surface area contributed by atoms with Gasteiger partial charge in [0.15, 0.2) is 0 Å². The van der Waals surface area contributed by atoms with Gasteiger partial charge in [-0.1, -0.05) is 48.5 Å². The molecule has 0 unspecified atom stereocenters. The number of carbonyl (C=O) groups excluding carboxylic acids is 1. The highest BCUT2D eigenvalue weighted by molar-refractivity contribution is 6.00. The molecule has 28 heavy (non-hydrogen) atoms. The number of nitrogens with zero attached hydrogens (tertiary/aromatic N) is 1. The van der Waals surface area contributed by atoms with Crippen molar-refractivity contribution in [3.63, 3.8) is 0 Å². The normalized spacial score (nSPS) is 11.3. The summed E-state index contributed by atoms with van der Waals surface area (Å²) in [6.07, 6.45) is -4.41. The molecule has 0 aliphatic carbocycles. The molecule has 0 aliphatic heterocycles. The molecule has 3 aromatic rings. The Morgan fingerprint density at radius 1 is 0.929 bits per heavy atom. The van der Waals surface area contributed by atoms with Crippen molar-refractivity contribution in [1.82, 2.24) is 4.90 Å². The van der Waals surface area contributed by atoms with Gasteiger partial charge in [-0.25, -0.2) is 0 Å². The zero-order chi connectivity index (χ0) is 20.3. The van der Waals surface area contributed by atoms with Gasteiger partial charge in [-0.3, -0.25) is 4.79 Å². The van der Waals surface area contributed by atoms with Crippen LogP contribution in [0.15, 0.2) is 72.8 Å². The maximum absolute atomic E-state index is 12.9. The highest BCUT2D eigenvalue weighted by Crippen LogP contribution is 2.32. The lowest BCUT2D eigenvalue weighted by atomic mass is 9.97. The van der Waals surface area contributed by atoms with E-state index in [1.807, 2.05) is 0 Å². The van der Waals surface area contributed by atoms with E-state index in [0.29, 0.717) is 22.3 Å². The fourth-order valence-corrected chi connectivity index (χ4v) is 2.94. The molecule has 0 spiro atoms. The zero-order valence-electron chi connectivity index (χ0n) is 15.1. The SMILES string of the molecule is CN(Cc1ccccc1O)C(=O)c1ccccc1-c1ccc(C(F)(F)F)cc1. The number of alkyl halides is 3. The van der Waals surface area contributed by atoms with E-state index < -0.39 is 11.7 Å². The van der Waals surface area contributed by atoms with E-state index in [1.165, 1.54) is 17.0 Å². The number of rotatable bonds is 4. The smallest absolute Gasteiger partial charge is 0.416 e. The van der Waals surface area contributed by atoms with E-state index in [-0.39, 0.29) is 18.2 Å².